The van der Waals surface area contributed by atoms with Gasteiger partial charge in [0.25, 0.3) is 0 Å². The van der Waals surface area contributed by atoms with Gasteiger partial charge in [0, 0.05) is 6.54 Å². The van der Waals surface area contributed by atoms with Crippen LogP contribution in [0.2, 0.25) is 0 Å². The van der Waals surface area contributed by atoms with Crippen molar-refractivity contribution >= 4 is 5.82 Å². The van der Waals surface area contributed by atoms with E-state index in [4.69, 9.17) is 5.26 Å². The van der Waals surface area contributed by atoms with Gasteiger partial charge in [-0.05, 0) is 18.1 Å². The highest BCUT2D eigenvalue weighted by atomic mass is 15.2. The molecule has 1 aromatic carbocycles. The molecule has 0 saturated heterocycles. The first-order chi connectivity index (χ1) is 8.40. The molecule has 1 aromatic heterocycles. The van der Waals surface area contributed by atoms with Gasteiger partial charge in [-0.15, -0.1) is 5.10 Å². The van der Waals surface area contributed by atoms with E-state index >= 15 is 0 Å². The number of rotatable bonds is 4. The van der Waals surface area contributed by atoms with Crippen LogP contribution in [0.25, 0.3) is 0 Å². The van der Waals surface area contributed by atoms with Crippen LogP contribution in [-0.4, -0.2) is 16.7 Å². The van der Waals surface area contributed by atoms with Crippen LogP contribution < -0.4 is 5.32 Å². The second-order valence-corrected chi connectivity index (χ2v) is 3.57. The van der Waals surface area contributed by atoms with E-state index in [-0.39, 0.29) is 0 Å². The Hall–Kier alpha value is -2.41. The Morgan fingerprint density at radius 2 is 2.00 bits per heavy atom. The quantitative estimate of drug-likeness (QED) is 0.862. The van der Waals surface area contributed by atoms with Crippen molar-refractivity contribution in [3.63, 3.8) is 0 Å². The largest absolute Gasteiger partial charge is 0.367 e. The Bertz CT molecular complexity index is 516. The maximum atomic E-state index is 8.88. The molecule has 4 heteroatoms. The topological polar surface area (TPSA) is 61.6 Å². The number of nitrogens with one attached hydrogen (secondary N) is 1. The zero-order valence-corrected chi connectivity index (χ0v) is 9.30. The number of aromatic nitrogens is 2. The Morgan fingerprint density at radius 1 is 1.18 bits per heavy atom. The molecule has 4 nitrogen and oxygen atoms in total. The average Bonchev–Trinajstić information content (AvgIpc) is 2.40. The molecular formula is C13H12N4. The lowest BCUT2D eigenvalue weighted by Crippen LogP contribution is -2.08. The van der Waals surface area contributed by atoms with E-state index < -0.39 is 0 Å². The van der Waals surface area contributed by atoms with Crippen LogP contribution in [0.4, 0.5) is 5.82 Å². The van der Waals surface area contributed by atoms with Gasteiger partial charge in [0.2, 0.25) is 0 Å². The second kappa shape index (κ2) is 5.61. The van der Waals surface area contributed by atoms with Crippen LogP contribution in [0.15, 0.2) is 42.6 Å². The van der Waals surface area contributed by atoms with Crippen molar-refractivity contribution in [2.24, 2.45) is 0 Å². The molecule has 0 aliphatic heterocycles. The standard InChI is InChI=1S/C13H12N4/c14-10-12-7-9-16-17-13(12)15-8-6-11-4-2-1-3-5-11/h1-5,7,9H,6,8H2,(H,15,17). The van der Waals surface area contributed by atoms with E-state index in [1.807, 2.05) is 18.2 Å². The fourth-order valence-electron chi connectivity index (χ4n) is 1.52. The highest BCUT2D eigenvalue weighted by Crippen LogP contribution is 2.08. The van der Waals surface area contributed by atoms with Crippen LogP contribution in [0.3, 0.4) is 0 Å². The van der Waals surface area contributed by atoms with Gasteiger partial charge in [0.05, 0.1) is 11.8 Å². The third kappa shape index (κ3) is 3.02. The predicted octanol–water partition coefficient (Wildman–Crippen LogP) is 2.00. The summed E-state index contributed by atoms with van der Waals surface area (Å²) in [7, 11) is 0. The first-order valence-corrected chi connectivity index (χ1v) is 5.40. The molecule has 0 fully saturated rings. The summed E-state index contributed by atoms with van der Waals surface area (Å²) < 4.78 is 0. The Morgan fingerprint density at radius 3 is 2.76 bits per heavy atom. The molecule has 2 aromatic rings. The van der Waals surface area contributed by atoms with Gasteiger partial charge in [-0.2, -0.15) is 10.4 Å². The van der Waals surface area contributed by atoms with E-state index in [2.05, 4.69) is 33.7 Å². The minimum atomic E-state index is 0.521. The number of benzene rings is 1. The molecule has 0 radical (unpaired) electrons. The first kappa shape index (κ1) is 11.1. The Kier molecular flexibility index (Phi) is 3.66. The van der Waals surface area contributed by atoms with Crippen LogP contribution in [0.5, 0.6) is 0 Å². The van der Waals surface area contributed by atoms with E-state index in [1.54, 1.807) is 6.07 Å². The molecule has 1 N–H and O–H groups in total. The summed E-state index contributed by atoms with van der Waals surface area (Å²) in [4.78, 5) is 0. The summed E-state index contributed by atoms with van der Waals surface area (Å²) in [5, 5.41) is 19.6. The summed E-state index contributed by atoms with van der Waals surface area (Å²) in [5.74, 6) is 0.547. The van der Waals surface area contributed by atoms with Crippen molar-refractivity contribution in [3.8, 4) is 6.07 Å². The van der Waals surface area contributed by atoms with Crippen LogP contribution >= 0.6 is 0 Å². The van der Waals surface area contributed by atoms with Gasteiger partial charge in [-0.3, -0.25) is 0 Å². The molecule has 1 heterocycles. The molecule has 0 atom stereocenters. The summed E-state index contributed by atoms with van der Waals surface area (Å²) >= 11 is 0. The highest BCUT2D eigenvalue weighted by molar-refractivity contribution is 5.50. The van der Waals surface area contributed by atoms with E-state index in [0.29, 0.717) is 11.4 Å². The maximum absolute atomic E-state index is 8.88. The van der Waals surface area contributed by atoms with Crippen LogP contribution in [0, 0.1) is 11.3 Å². The summed E-state index contributed by atoms with van der Waals surface area (Å²) in [6.45, 7) is 0.734. The van der Waals surface area contributed by atoms with Crippen molar-refractivity contribution in [1.82, 2.24) is 10.2 Å². The molecule has 0 unspecified atom stereocenters. The van der Waals surface area contributed by atoms with Crippen molar-refractivity contribution < 1.29 is 0 Å². The molecule has 0 bridgehead atoms. The predicted molar refractivity (Wildman–Crippen MR) is 65.4 cm³/mol. The lowest BCUT2D eigenvalue weighted by Gasteiger charge is -2.05. The molecule has 0 aliphatic rings. The van der Waals surface area contributed by atoms with Gasteiger partial charge in [0.15, 0.2) is 5.82 Å². The molecule has 84 valence electrons. The van der Waals surface area contributed by atoms with Crippen molar-refractivity contribution in [3.05, 3.63) is 53.7 Å². The SMILES string of the molecule is N#Cc1ccnnc1NCCc1ccccc1. The van der Waals surface area contributed by atoms with Crippen LogP contribution in [0.1, 0.15) is 11.1 Å². The van der Waals surface area contributed by atoms with Gasteiger partial charge < -0.3 is 5.32 Å². The van der Waals surface area contributed by atoms with E-state index in [1.165, 1.54) is 11.8 Å². The summed E-state index contributed by atoms with van der Waals surface area (Å²) in [5.41, 5.74) is 1.77. The van der Waals surface area contributed by atoms with E-state index in [9.17, 15) is 0 Å². The zero-order chi connectivity index (χ0) is 11.9. The molecule has 0 saturated carbocycles. The minimum absolute atomic E-state index is 0.521. The Balaban J connectivity index is 1.93. The van der Waals surface area contributed by atoms with Crippen LogP contribution in [-0.2, 0) is 6.42 Å². The number of anilines is 1. The van der Waals surface area contributed by atoms with E-state index in [0.717, 1.165) is 13.0 Å². The number of hydrogen-bond acceptors (Lipinski definition) is 4. The lowest BCUT2D eigenvalue weighted by atomic mass is 10.1. The minimum Gasteiger partial charge on any atom is -0.367 e. The third-order valence-electron chi connectivity index (χ3n) is 2.39. The number of nitrogens with zero attached hydrogens (tertiary/aromatic N) is 3. The maximum Gasteiger partial charge on any atom is 0.166 e. The molecule has 0 aliphatic carbocycles. The van der Waals surface area contributed by atoms with Crippen molar-refractivity contribution in [2.75, 3.05) is 11.9 Å². The average molecular weight is 224 g/mol. The third-order valence-corrected chi connectivity index (χ3v) is 2.39. The summed E-state index contributed by atoms with van der Waals surface area (Å²) in [6.07, 6.45) is 2.41. The number of nitriles is 1. The smallest absolute Gasteiger partial charge is 0.166 e. The Labute approximate surface area is 99.9 Å². The van der Waals surface area contributed by atoms with Gasteiger partial charge in [-0.1, -0.05) is 30.3 Å². The van der Waals surface area contributed by atoms with Crippen molar-refractivity contribution in [2.45, 2.75) is 6.42 Å². The molecular weight excluding hydrogens is 212 g/mol. The zero-order valence-electron chi connectivity index (χ0n) is 9.30. The molecule has 0 spiro atoms. The monoisotopic (exact) mass is 224 g/mol. The molecule has 0 amide bonds. The molecule has 17 heavy (non-hydrogen) atoms. The fraction of sp³-hybridized carbons (Fsp3) is 0.154. The highest BCUT2D eigenvalue weighted by Gasteiger charge is 2.01. The second-order valence-electron chi connectivity index (χ2n) is 3.57. The number of hydrogen-bond donors (Lipinski definition) is 1. The van der Waals surface area contributed by atoms with Gasteiger partial charge in [-0.25, -0.2) is 0 Å². The van der Waals surface area contributed by atoms with Gasteiger partial charge in [0.1, 0.15) is 6.07 Å². The lowest BCUT2D eigenvalue weighted by molar-refractivity contribution is 0.963. The normalized spacial score (nSPS) is 9.59. The first-order valence-electron chi connectivity index (χ1n) is 5.40. The molecule has 2 rings (SSSR count). The van der Waals surface area contributed by atoms with Gasteiger partial charge >= 0.3 is 0 Å². The summed E-state index contributed by atoms with van der Waals surface area (Å²) in [6, 6.07) is 13.9. The van der Waals surface area contributed by atoms with Crippen molar-refractivity contribution in [1.29, 1.82) is 5.26 Å². The fourth-order valence-corrected chi connectivity index (χ4v) is 1.52.